The number of Topliss-reactive ketones (excluding diaryl/α,β-unsaturated/α-hetero) is 2. The highest BCUT2D eigenvalue weighted by atomic mass is 16.1. The molecule has 0 amide bonds. The average Bonchev–Trinajstić information content (AvgIpc) is 2.71. The number of carbonyl (C=O) groups excluding carboxylic acids is 2. The Balaban J connectivity index is 1.84. The lowest BCUT2D eigenvalue weighted by molar-refractivity contribution is 0.0971. The van der Waals surface area contributed by atoms with Crippen molar-refractivity contribution >= 4 is 23.3 Å². The average molecular weight is 370 g/mol. The summed E-state index contributed by atoms with van der Waals surface area (Å²) in [6.07, 6.45) is 0. The van der Waals surface area contributed by atoms with Crippen LogP contribution in [0, 0.1) is 0 Å². The molecule has 0 saturated carbocycles. The quantitative estimate of drug-likeness (QED) is 0.605. The van der Waals surface area contributed by atoms with Crippen molar-refractivity contribution < 1.29 is 9.59 Å². The Labute approximate surface area is 158 Å². The number of nitrogens with zero attached hydrogens (tertiary/aromatic N) is 1. The molecule has 4 N–H and O–H groups in total. The number of nitrogen functional groups attached to an aromatic ring is 1. The van der Waals surface area contributed by atoms with Crippen molar-refractivity contribution in [1.82, 2.24) is 9.97 Å². The van der Waals surface area contributed by atoms with Crippen molar-refractivity contribution in [2.24, 2.45) is 0 Å². The summed E-state index contributed by atoms with van der Waals surface area (Å²) in [5, 5.41) is 2.90. The number of aromatic nitrogens is 2. The first-order chi connectivity index (χ1) is 13.6. The zero-order valence-corrected chi connectivity index (χ0v) is 14.5. The van der Waals surface area contributed by atoms with Gasteiger partial charge in [-0.2, -0.15) is 4.98 Å². The Morgan fingerprint density at radius 1 is 0.857 bits per heavy atom. The first-order valence-electron chi connectivity index (χ1n) is 8.70. The van der Waals surface area contributed by atoms with Crippen LogP contribution in [0.4, 0.5) is 11.8 Å². The van der Waals surface area contributed by atoms with E-state index in [0.29, 0.717) is 11.1 Å². The van der Waals surface area contributed by atoms with Crippen molar-refractivity contribution in [3.05, 3.63) is 98.5 Å². The van der Waals surface area contributed by atoms with Crippen LogP contribution in [-0.4, -0.2) is 21.5 Å². The lowest BCUT2D eigenvalue weighted by atomic mass is 9.74. The topological polar surface area (TPSA) is 118 Å². The maximum Gasteiger partial charge on any atom is 0.258 e. The van der Waals surface area contributed by atoms with Crippen LogP contribution in [0.5, 0.6) is 0 Å². The molecular weight excluding hydrogens is 356 g/mol. The zero-order chi connectivity index (χ0) is 19.4. The van der Waals surface area contributed by atoms with Gasteiger partial charge in [-0.3, -0.25) is 19.4 Å². The van der Waals surface area contributed by atoms with Crippen molar-refractivity contribution in [3.8, 4) is 0 Å². The summed E-state index contributed by atoms with van der Waals surface area (Å²) in [5.74, 6) is -1.20. The number of nitrogens with two attached hydrogens (primary N) is 1. The summed E-state index contributed by atoms with van der Waals surface area (Å²) in [6.45, 7) is 0. The van der Waals surface area contributed by atoms with Crippen molar-refractivity contribution in [2.75, 3.05) is 11.1 Å². The Bertz CT molecular complexity index is 1260. The van der Waals surface area contributed by atoms with E-state index in [0.717, 1.165) is 5.56 Å². The van der Waals surface area contributed by atoms with Crippen molar-refractivity contribution in [1.29, 1.82) is 0 Å². The second-order valence-electron chi connectivity index (χ2n) is 6.67. The van der Waals surface area contributed by atoms with Crippen LogP contribution in [0.3, 0.4) is 0 Å². The van der Waals surface area contributed by atoms with Gasteiger partial charge in [0.25, 0.3) is 5.56 Å². The molecule has 0 radical (unpaired) electrons. The molecule has 136 valence electrons. The van der Waals surface area contributed by atoms with Gasteiger partial charge in [0.2, 0.25) is 11.7 Å². The van der Waals surface area contributed by atoms with Gasteiger partial charge in [0.05, 0.1) is 11.3 Å². The molecule has 7 nitrogen and oxygen atoms in total. The summed E-state index contributed by atoms with van der Waals surface area (Å²) >= 11 is 0. The van der Waals surface area contributed by atoms with Crippen LogP contribution in [0.2, 0.25) is 0 Å². The number of carbonyl (C=O) groups is 2. The summed E-state index contributed by atoms with van der Waals surface area (Å²) in [6, 6.07) is 15.8. The lowest BCUT2D eigenvalue weighted by Gasteiger charge is -2.32. The third-order valence-electron chi connectivity index (χ3n) is 5.08. The standard InChI is InChI=1S/C21H14N4O3/c22-21-24-19-15(20(28)25-21)13(10-6-2-1-3-7-10)14-16(23-19)18(27)12-9-5-4-8-11(12)17(14)26/h1-9,13H,(H4,22,23,24,25,28). The van der Waals surface area contributed by atoms with E-state index in [2.05, 4.69) is 15.3 Å². The van der Waals surface area contributed by atoms with Gasteiger partial charge in [-0.1, -0.05) is 54.6 Å². The molecule has 7 heteroatoms. The number of H-pyrrole nitrogens is 1. The van der Waals surface area contributed by atoms with Gasteiger partial charge in [0, 0.05) is 22.6 Å². The van der Waals surface area contributed by atoms with Crippen LogP contribution in [0.1, 0.15) is 37.8 Å². The van der Waals surface area contributed by atoms with Crippen LogP contribution in [-0.2, 0) is 0 Å². The molecule has 2 heterocycles. The number of fused-ring (bicyclic) bond motifs is 2. The molecule has 1 aromatic heterocycles. The van der Waals surface area contributed by atoms with Crippen LogP contribution < -0.4 is 16.6 Å². The molecule has 1 aliphatic carbocycles. The number of hydrogen-bond acceptors (Lipinski definition) is 6. The van der Waals surface area contributed by atoms with E-state index in [1.807, 2.05) is 30.3 Å². The smallest absolute Gasteiger partial charge is 0.258 e. The summed E-state index contributed by atoms with van der Waals surface area (Å²) < 4.78 is 0. The van der Waals surface area contributed by atoms with E-state index in [-0.39, 0.29) is 40.2 Å². The first-order valence-corrected chi connectivity index (χ1v) is 8.70. The number of nitrogens with one attached hydrogen (secondary N) is 2. The summed E-state index contributed by atoms with van der Waals surface area (Å²) in [5.41, 5.74) is 7.28. The molecule has 0 bridgehead atoms. The highest BCUT2D eigenvalue weighted by molar-refractivity contribution is 6.29. The van der Waals surface area contributed by atoms with E-state index in [4.69, 9.17) is 5.73 Å². The van der Waals surface area contributed by atoms with Gasteiger partial charge in [0.1, 0.15) is 5.82 Å². The van der Waals surface area contributed by atoms with E-state index < -0.39 is 11.5 Å². The second kappa shape index (κ2) is 5.75. The lowest BCUT2D eigenvalue weighted by Crippen LogP contribution is -2.36. The van der Waals surface area contributed by atoms with E-state index in [9.17, 15) is 14.4 Å². The summed E-state index contributed by atoms with van der Waals surface area (Å²) in [7, 11) is 0. The van der Waals surface area contributed by atoms with Gasteiger partial charge in [-0.15, -0.1) is 0 Å². The van der Waals surface area contributed by atoms with Gasteiger partial charge in [-0.25, -0.2) is 0 Å². The fourth-order valence-electron chi connectivity index (χ4n) is 3.90. The first kappa shape index (κ1) is 16.2. The minimum absolute atomic E-state index is 0.0675. The van der Waals surface area contributed by atoms with E-state index >= 15 is 0 Å². The number of benzene rings is 2. The van der Waals surface area contributed by atoms with Crippen molar-refractivity contribution in [3.63, 3.8) is 0 Å². The largest absolute Gasteiger partial charge is 0.369 e. The van der Waals surface area contributed by atoms with Crippen LogP contribution in [0.15, 0.2) is 70.7 Å². The SMILES string of the molecule is Nc1nc2c(c(=O)[nH]1)C(c1ccccc1)C1=C(N2)C(=O)c2ccccc2C1=O. The third kappa shape index (κ3) is 2.16. The maximum atomic E-state index is 13.4. The number of allylic oxidation sites excluding steroid dienone is 2. The molecule has 5 rings (SSSR count). The Hall–Kier alpha value is -4.00. The molecule has 2 aromatic carbocycles. The predicted molar refractivity (Wildman–Crippen MR) is 103 cm³/mol. The molecule has 2 aliphatic rings. The number of anilines is 2. The normalized spacial score (nSPS) is 17.5. The number of aromatic amines is 1. The Morgan fingerprint density at radius 3 is 2.21 bits per heavy atom. The Morgan fingerprint density at radius 2 is 1.50 bits per heavy atom. The molecule has 1 atom stereocenters. The molecule has 0 spiro atoms. The molecule has 3 aromatic rings. The van der Waals surface area contributed by atoms with Crippen LogP contribution >= 0.6 is 0 Å². The van der Waals surface area contributed by atoms with Gasteiger partial charge in [0.15, 0.2) is 5.78 Å². The molecule has 28 heavy (non-hydrogen) atoms. The minimum Gasteiger partial charge on any atom is -0.369 e. The highest BCUT2D eigenvalue weighted by Gasteiger charge is 2.42. The van der Waals surface area contributed by atoms with E-state index in [1.165, 1.54) is 0 Å². The predicted octanol–water partition coefficient (Wildman–Crippen LogP) is 2.24. The third-order valence-corrected chi connectivity index (χ3v) is 5.08. The zero-order valence-electron chi connectivity index (χ0n) is 14.5. The fraction of sp³-hybridized carbons (Fsp3) is 0.0476. The second-order valence-corrected chi connectivity index (χ2v) is 6.67. The minimum atomic E-state index is -0.728. The van der Waals surface area contributed by atoms with Gasteiger partial charge in [-0.05, 0) is 5.56 Å². The maximum absolute atomic E-state index is 13.4. The molecular formula is C21H14N4O3. The Kier molecular flexibility index (Phi) is 3.33. The number of ketones is 2. The molecule has 1 aliphatic heterocycles. The summed E-state index contributed by atoms with van der Waals surface area (Å²) in [4.78, 5) is 45.9. The van der Waals surface area contributed by atoms with Crippen molar-refractivity contribution in [2.45, 2.75) is 5.92 Å². The monoisotopic (exact) mass is 370 g/mol. The molecule has 0 saturated heterocycles. The fourth-order valence-corrected chi connectivity index (χ4v) is 3.90. The molecule has 1 unspecified atom stereocenters. The number of rotatable bonds is 1. The highest BCUT2D eigenvalue weighted by Crippen LogP contribution is 2.43. The van der Waals surface area contributed by atoms with E-state index in [1.54, 1.807) is 24.3 Å². The van der Waals surface area contributed by atoms with Crippen LogP contribution in [0.25, 0.3) is 0 Å². The van der Waals surface area contributed by atoms with Gasteiger partial charge < -0.3 is 11.1 Å². The molecule has 0 fully saturated rings. The number of hydrogen-bond donors (Lipinski definition) is 3. The van der Waals surface area contributed by atoms with Gasteiger partial charge >= 0.3 is 0 Å².